The quantitative estimate of drug-likeness (QED) is 0.645. The number of anilines is 1. The van der Waals surface area contributed by atoms with Gasteiger partial charge in [-0.15, -0.1) is 16.4 Å². The van der Waals surface area contributed by atoms with Gasteiger partial charge < -0.3 is 14.5 Å². The predicted molar refractivity (Wildman–Crippen MR) is 93.7 cm³/mol. The van der Waals surface area contributed by atoms with Gasteiger partial charge in [0.25, 0.3) is 0 Å². The SMILES string of the molecule is CCOc1ccc(-c2nnc(S(=O)(=O)CC(=O)Nc3nccs3)o2)cc1. The topological polar surface area (TPSA) is 124 Å². The fourth-order valence-corrected chi connectivity index (χ4v) is 3.44. The summed E-state index contributed by atoms with van der Waals surface area (Å²) in [5.41, 5.74) is 0.537. The highest BCUT2D eigenvalue weighted by molar-refractivity contribution is 7.91. The van der Waals surface area contributed by atoms with E-state index in [4.69, 9.17) is 9.15 Å². The Labute approximate surface area is 153 Å². The zero-order valence-corrected chi connectivity index (χ0v) is 15.2. The summed E-state index contributed by atoms with van der Waals surface area (Å²) in [7, 11) is -4.07. The maximum Gasteiger partial charge on any atom is 0.336 e. The van der Waals surface area contributed by atoms with E-state index in [1.165, 1.54) is 17.5 Å². The smallest absolute Gasteiger partial charge is 0.336 e. The van der Waals surface area contributed by atoms with E-state index in [0.717, 1.165) is 0 Å². The van der Waals surface area contributed by atoms with Crippen LogP contribution in [-0.2, 0) is 14.6 Å². The lowest BCUT2D eigenvalue weighted by Gasteiger charge is -2.02. The number of benzene rings is 1. The fraction of sp³-hybridized carbons (Fsp3) is 0.200. The van der Waals surface area contributed by atoms with Gasteiger partial charge in [-0.1, -0.05) is 5.10 Å². The van der Waals surface area contributed by atoms with Gasteiger partial charge in [0, 0.05) is 17.1 Å². The van der Waals surface area contributed by atoms with Crippen molar-refractivity contribution in [1.82, 2.24) is 15.2 Å². The second kappa shape index (κ2) is 7.62. The Kier molecular flexibility index (Phi) is 5.28. The molecule has 2 heterocycles. The molecule has 0 saturated carbocycles. The molecule has 0 radical (unpaired) electrons. The number of nitrogens with one attached hydrogen (secondary N) is 1. The van der Waals surface area contributed by atoms with E-state index < -0.39 is 26.7 Å². The summed E-state index contributed by atoms with van der Waals surface area (Å²) in [5, 5.41) is 11.0. The molecule has 3 rings (SSSR count). The molecule has 0 saturated heterocycles. The number of amides is 1. The maximum atomic E-state index is 12.3. The monoisotopic (exact) mass is 394 g/mol. The molecule has 0 unspecified atom stereocenters. The molecule has 2 aromatic heterocycles. The number of thiazole rings is 1. The lowest BCUT2D eigenvalue weighted by atomic mass is 10.2. The molecule has 1 amide bonds. The normalized spacial score (nSPS) is 11.3. The Morgan fingerprint density at radius 2 is 2.04 bits per heavy atom. The number of rotatable bonds is 7. The van der Waals surface area contributed by atoms with Gasteiger partial charge in [0.05, 0.1) is 6.61 Å². The van der Waals surface area contributed by atoms with Crippen molar-refractivity contribution in [3.8, 4) is 17.2 Å². The Morgan fingerprint density at radius 1 is 1.27 bits per heavy atom. The van der Waals surface area contributed by atoms with Crippen LogP contribution in [0.5, 0.6) is 5.75 Å². The number of carbonyl (C=O) groups is 1. The highest BCUT2D eigenvalue weighted by Crippen LogP contribution is 2.23. The van der Waals surface area contributed by atoms with Crippen molar-refractivity contribution in [2.75, 3.05) is 17.7 Å². The van der Waals surface area contributed by atoms with Gasteiger partial charge in [-0.25, -0.2) is 13.4 Å². The van der Waals surface area contributed by atoms with E-state index in [9.17, 15) is 13.2 Å². The van der Waals surface area contributed by atoms with Gasteiger partial charge in [-0.2, -0.15) is 0 Å². The highest BCUT2D eigenvalue weighted by atomic mass is 32.2. The van der Waals surface area contributed by atoms with Crippen LogP contribution in [0.15, 0.2) is 45.5 Å². The molecule has 0 spiro atoms. The molecule has 0 aliphatic heterocycles. The van der Waals surface area contributed by atoms with E-state index in [-0.39, 0.29) is 5.89 Å². The van der Waals surface area contributed by atoms with E-state index in [0.29, 0.717) is 23.1 Å². The molecule has 3 aromatic rings. The first kappa shape index (κ1) is 18.0. The largest absolute Gasteiger partial charge is 0.494 e. The number of hydrogen-bond donors (Lipinski definition) is 1. The van der Waals surface area contributed by atoms with Gasteiger partial charge in [0.15, 0.2) is 5.13 Å². The van der Waals surface area contributed by atoms with Crippen LogP contribution in [0.1, 0.15) is 6.92 Å². The van der Waals surface area contributed by atoms with Crippen LogP contribution < -0.4 is 10.1 Å². The van der Waals surface area contributed by atoms with Crippen molar-refractivity contribution >= 4 is 32.2 Å². The summed E-state index contributed by atoms with van der Waals surface area (Å²) in [5.74, 6) is -0.854. The van der Waals surface area contributed by atoms with Crippen LogP contribution in [0.3, 0.4) is 0 Å². The van der Waals surface area contributed by atoms with E-state index in [1.54, 1.807) is 29.6 Å². The summed E-state index contributed by atoms with van der Waals surface area (Å²) in [6.07, 6.45) is 1.50. The lowest BCUT2D eigenvalue weighted by molar-refractivity contribution is -0.113. The molecule has 1 aromatic carbocycles. The molecule has 136 valence electrons. The predicted octanol–water partition coefficient (Wildman–Crippen LogP) is 2.00. The van der Waals surface area contributed by atoms with E-state index in [1.807, 2.05) is 6.92 Å². The minimum absolute atomic E-state index is 0.0342. The van der Waals surface area contributed by atoms with Crippen LogP contribution in [0.2, 0.25) is 0 Å². The molecule has 0 atom stereocenters. The van der Waals surface area contributed by atoms with Gasteiger partial charge in [0.2, 0.25) is 21.6 Å². The first-order valence-electron chi connectivity index (χ1n) is 7.47. The molecule has 1 N–H and O–H groups in total. The Bertz CT molecular complexity index is 981. The summed E-state index contributed by atoms with van der Waals surface area (Å²) in [6.45, 7) is 2.40. The van der Waals surface area contributed by atoms with Crippen molar-refractivity contribution in [3.05, 3.63) is 35.8 Å². The van der Waals surface area contributed by atoms with Crippen LogP contribution in [0.25, 0.3) is 11.5 Å². The van der Waals surface area contributed by atoms with Gasteiger partial charge >= 0.3 is 5.22 Å². The van der Waals surface area contributed by atoms with Crippen LogP contribution in [0.4, 0.5) is 5.13 Å². The number of sulfone groups is 1. The standard InChI is InChI=1S/C15H14N4O5S2/c1-2-23-11-5-3-10(4-6-11)13-18-19-15(24-13)26(21,22)9-12(20)17-14-16-7-8-25-14/h3-8H,2,9H2,1H3,(H,16,17,20). The molecule has 0 aliphatic carbocycles. The molecule has 9 nitrogen and oxygen atoms in total. The molecule has 0 aliphatic rings. The number of carbonyl (C=O) groups excluding carboxylic acids is 1. The molecule has 11 heteroatoms. The number of aromatic nitrogens is 3. The lowest BCUT2D eigenvalue weighted by Crippen LogP contribution is -2.23. The minimum atomic E-state index is -4.07. The van der Waals surface area contributed by atoms with Crippen molar-refractivity contribution in [2.45, 2.75) is 12.1 Å². The van der Waals surface area contributed by atoms with Gasteiger partial charge in [-0.05, 0) is 31.2 Å². The third-order valence-corrected chi connectivity index (χ3v) is 5.11. The highest BCUT2D eigenvalue weighted by Gasteiger charge is 2.26. The first-order valence-corrected chi connectivity index (χ1v) is 10.00. The summed E-state index contributed by atoms with van der Waals surface area (Å²) in [4.78, 5) is 15.7. The van der Waals surface area contributed by atoms with Crippen LogP contribution >= 0.6 is 11.3 Å². The number of nitrogens with zero attached hydrogens (tertiary/aromatic N) is 3. The average Bonchev–Trinajstić information content (AvgIpc) is 3.27. The minimum Gasteiger partial charge on any atom is -0.494 e. The summed E-state index contributed by atoms with van der Waals surface area (Å²) >= 11 is 1.18. The van der Waals surface area contributed by atoms with Crippen molar-refractivity contribution in [3.63, 3.8) is 0 Å². The molecule has 0 fully saturated rings. The molecular weight excluding hydrogens is 380 g/mol. The number of hydrogen-bond acceptors (Lipinski definition) is 9. The first-order chi connectivity index (χ1) is 12.5. The van der Waals surface area contributed by atoms with Gasteiger partial charge in [-0.3, -0.25) is 4.79 Å². The van der Waals surface area contributed by atoms with E-state index in [2.05, 4.69) is 20.5 Å². The molecule has 0 bridgehead atoms. The van der Waals surface area contributed by atoms with Gasteiger partial charge in [0.1, 0.15) is 11.5 Å². The second-order valence-electron chi connectivity index (χ2n) is 4.98. The molecular formula is C15H14N4O5S2. The van der Waals surface area contributed by atoms with Crippen molar-refractivity contribution in [2.24, 2.45) is 0 Å². The summed E-state index contributed by atoms with van der Waals surface area (Å²) in [6, 6.07) is 6.76. The van der Waals surface area contributed by atoms with E-state index >= 15 is 0 Å². The third kappa shape index (κ3) is 4.24. The average molecular weight is 394 g/mol. The van der Waals surface area contributed by atoms with Crippen LogP contribution in [-0.4, -0.2) is 41.9 Å². The summed E-state index contributed by atoms with van der Waals surface area (Å²) < 4.78 is 35.1. The van der Waals surface area contributed by atoms with Crippen molar-refractivity contribution < 1.29 is 22.4 Å². The Balaban J connectivity index is 1.72. The second-order valence-corrected chi connectivity index (χ2v) is 7.74. The Hall–Kier alpha value is -2.79. The van der Waals surface area contributed by atoms with Crippen LogP contribution in [0, 0.1) is 0 Å². The zero-order valence-electron chi connectivity index (χ0n) is 13.6. The fourth-order valence-electron chi connectivity index (χ4n) is 1.99. The number of ether oxygens (including phenoxy) is 1. The maximum absolute atomic E-state index is 12.3. The third-order valence-electron chi connectivity index (χ3n) is 3.08. The zero-order chi connectivity index (χ0) is 18.6. The van der Waals surface area contributed by atoms with Crippen molar-refractivity contribution in [1.29, 1.82) is 0 Å². The molecule has 26 heavy (non-hydrogen) atoms. The Morgan fingerprint density at radius 3 is 2.69 bits per heavy atom.